The SMILES string of the molecule is CCCCCCCC/C=C\CCCCCCCC(=O)OCCCCCCN(CCO)CCCCC(COC(=O)CCCCCCC)COC(=O)CCCCCCC. The molecule has 0 aliphatic carbocycles. The molecule has 57 heavy (non-hydrogen) atoms. The third-order valence-electron chi connectivity index (χ3n) is 11.0. The van der Waals surface area contributed by atoms with E-state index < -0.39 is 0 Å². The average molecular weight is 808 g/mol. The monoisotopic (exact) mass is 808 g/mol. The van der Waals surface area contributed by atoms with Gasteiger partial charge < -0.3 is 24.2 Å². The summed E-state index contributed by atoms with van der Waals surface area (Å²) >= 11 is 0. The van der Waals surface area contributed by atoms with Crippen molar-refractivity contribution >= 4 is 17.9 Å². The predicted octanol–water partition coefficient (Wildman–Crippen LogP) is 13.0. The molecule has 0 aliphatic rings. The van der Waals surface area contributed by atoms with Crippen molar-refractivity contribution in [3.05, 3.63) is 12.2 Å². The number of carbonyl (C=O) groups is 3. The zero-order valence-corrected chi connectivity index (χ0v) is 37.9. The van der Waals surface area contributed by atoms with Gasteiger partial charge in [0.05, 0.1) is 26.4 Å². The molecule has 0 amide bonds. The fraction of sp³-hybridized carbons (Fsp3) is 0.898. The lowest BCUT2D eigenvalue weighted by molar-refractivity contribution is -0.149. The first-order valence-corrected chi connectivity index (χ1v) is 24.4. The first-order chi connectivity index (χ1) is 28.0. The summed E-state index contributed by atoms with van der Waals surface area (Å²) in [7, 11) is 0. The number of aliphatic hydroxyl groups is 1. The molecule has 336 valence electrons. The van der Waals surface area contributed by atoms with Gasteiger partial charge in [-0.05, 0) is 83.7 Å². The Labute approximate surface area is 352 Å². The molecule has 0 saturated heterocycles. The molecule has 8 heteroatoms. The number of nitrogens with zero attached hydrogens (tertiary/aromatic N) is 1. The fourth-order valence-corrected chi connectivity index (χ4v) is 7.16. The highest BCUT2D eigenvalue weighted by molar-refractivity contribution is 5.70. The largest absolute Gasteiger partial charge is 0.466 e. The van der Waals surface area contributed by atoms with Gasteiger partial charge in [-0.2, -0.15) is 0 Å². The molecule has 0 fully saturated rings. The minimum absolute atomic E-state index is 0.000373. The quantitative estimate of drug-likeness (QED) is 0.0281. The van der Waals surface area contributed by atoms with E-state index in [0.717, 1.165) is 109 Å². The molecule has 0 radical (unpaired) electrons. The molecule has 0 spiro atoms. The molecule has 1 N–H and O–H groups in total. The van der Waals surface area contributed by atoms with Crippen LogP contribution in [0.4, 0.5) is 0 Å². The summed E-state index contributed by atoms with van der Waals surface area (Å²) in [6.45, 7) is 10.4. The van der Waals surface area contributed by atoms with Gasteiger partial charge in [0, 0.05) is 31.7 Å². The number of aliphatic hydroxyl groups excluding tert-OH is 1. The van der Waals surface area contributed by atoms with E-state index in [1.165, 1.54) is 96.3 Å². The lowest BCUT2D eigenvalue weighted by atomic mass is 10.0. The summed E-state index contributed by atoms with van der Waals surface area (Å²) in [6.07, 6.45) is 40.1. The number of carbonyl (C=O) groups excluding carboxylic acids is 3. The van der Waals surface area contributed by atoms with E-state index in [2.05, 4.69) is 37.8 Å². The van der Waals surface area contributed by atoms with Gasteiger partial charge in [-0.3, -0.25) is 14.4 Å². The van der Waals surface area contributed by atoms with Crippen molar-refractivity contribution in [3.8, 4) is 0 Å². The number of esters is 3. The molecule has 0 aromatic carbocycles. The van der Waals surface area contributed by atoms with E-state index in [9.17, 15) is 19.5 Å². The van der Waals surface area contributed by atoms with Crippen molar-refractivity contribution in [2.75, 3.05) is 46.1 Å². The van der Waals surface area contributed by atoms with Crippen LogP contribution in [0.1, 0.15) is 233 Å². The molecular formula is C49H93NO7. The Kier molecular flexibility index (Phi) is 43.6. The molecule has 0 aromatic heterocycles. The molecule has 0 atom stereocenters. The smallest absolute Gasteiger partial charge is 0.305 e. The molecule has 0 unspecified atom stereocenters. The van der Waals surface area contributed by atoms with Crippen LogP contribution in [0.5, 0.6) is 0 Å². The van der Waals surface area contributed by atoms with Crippen LogP contribution in [-0.2, 0) is 28.6 Å². The summed E-state index contributed by atoms with van der Waals surface area (Å²) in [5.41, 5.74) is 0. The second-order valence-corrected chi connectivity index (χ2v) is 16.6. The average Bonchev–Trinajstić information content (AvgIpc) is 3.20. The van der Waals surface area contributed by atoms with Crippen molar-refractivity contribution in [2.45, 2.75) is 233 Å². The topological polar surface area (TPSA) is 102 Å². The van der Waals surface area contributed by atoms with E-state index in [1.54, 1.807) is 0 Å². The highest BCUT2D eigenvalue weighted by atomic mass is 16.5. The number of allylic oxidation sites excluding steroid dienone is 2. The Morgan fingerprint density at radius 1 is 0.456 bits per heavy atom. The Morgan fingerprint density at radius 2 is 0.842 bits per heavy atom. The Morgan fingerprint density at radius 3 is 1.32 bits per heavy atom. The van der Waals surface area contributed by atoms with Gasteiger partial charge in [0.15, 0.2) is 0 Å². The van der Waals surface area contributed by atoms with E-state index in [0.29, 0.717) is 45.6 Å². The summed E-state index contributed by atoms with van der Waals surface area (Å²) in [5, 5.41) is 9.65. The van der Waals surface area contributed by atoms with E-state index >= 15 is 0 Å². The number of ether oxygens (including phenoxy) is 3. The van der Waals surface area contributed by atoms with Crippen LogP contribution in [0.25, 0.3) is 0 Å². The lowest BCUT2D eigenvalue weighted by Crippen LogP contribution is -2.29. The normalized spacial score (nSPS) is 11.6. The number of hydrogen-bond donors (Lipinski definition) is 1. The molecule has 0 rings (SSSR count). The van der Waals surface area contributed by atoms with Gasteiger partial charge >= 0.3 is 17.9 Å². The van der Waals surface area contributed by atoms with Crippen molar-refractivity contribution in [2.24, 2.45) is 5.92 Å². The molecule has 0 bridgehead atoms. The Balaban J connectivity index is 4.14. The fourth-order valence-electron chi connectivity index (χ4n) is 7.16. The number of rotatable bonds is 45. The summed E-state index contributed by atoms with van der Waals surface area (Å²) in [5.74, 6) is -0.365. The van der Waals surface area contributed by atoms with Crippen LogP contribution < -0.4 is 0 Å². The predicted molar refractivity (Wildman–Crippen MR) is 238 cm³/mol. The van der Waals surface area contributed by atoms with Crippen LogP contribution in [0.15, 0.2) is 12.2 Å². The molecule has 0 heterocycles. The van der Waals surface area contributed by atoms with Crippen LogP contribution in [0, 0.1) is 5.92 Å². The maximum absolute atomic E-state index is 12.4. The van der Waals surface area contributed by atoms with Crippen molar-refractivity contribution in [3.63, 3.8) is 0 Å². The van der Waals surface area contributed by atoms with Crippen LogP contribution in [0.2, 0.25) is 0 Å². The molecule has 0 aliphatic heterocycles. The minimum atomic E-state index is -0.153. The molecule has 0 aromatic rings. The van der Waals surface area contributed by atoms with Gasteiger partial charge in [-0.1, -0.05) is 155 Å². The minimum Gasteiger partial charge on any atom is -0.466 e. The standard InChI is InChI=1S/C49H93NO7/c1-4-7-10-13-14-15-16-17-18-19-20-21-22-25-30-36-47(52)55-43-34-27-26-32-39-50(41-42-51)40-33-31-35-46(44-56-48(53)37-28-23-11-8-5-2)45-57-49(54)38-29-24-12-9-6-3/h17-18,46,51H,4-16,19-45H2,1-3H3/b18-17-. The van der Waals surface area contributed by atoms with Gasteiger partial charge in [-0.15, -0.1) is 0 Å². The molecule has 0 saturated carbocycles. The maximum Gasteiger partial charge on any atom is 0.305 e. The number of hydrogen-bond acceptors (Lipinski definition) is 8. The van der Waals surface area contributed by atoms with E-state index in [4.69, 9.17) is 14.2 Å². The Hall–Kier alpha value is -1.93. The summed E-state index contributed by atoms with van der Waals surface area (Å²) in [4.78, 5) is 39.3. The highest BCUT2D eigenvalue weighted by Crippen LogP contribution is 2.15. The van der Waals surface area contributed by atoms with Gasteiger partial charge in [0.25, 0.3) is 0 Å². The maximum atomic E-state index is 12.4. The highest BCUT2D eigenvalue weighted by Gasteiger charge is 2.16. The van der Waals surface area contributed by atoms with Gasteiger partial charge in [0.1, 0.15) is 0 Å². The first kappa shape index (κ1) is 55.1. The lowest BCUT2D eigenvalue weighted by Gasteiger charge is -2.22. The molecule has 8 nitrogen and oxygen atoms in total. The van der Waals surface area contributed by atoms with Gasteiger partial charge in [-0.25, -0.2) is 0 Å². The van der Waals surface area contributed by atoms with Crippen LogP contribution >= 0.6 is 0 Å². The Bertz CT molecular complexity index is 880. The number of unbranched alkanes of at least 4 members (excludes halogenated alkanes) is 23. The second kappa shape index (κ2) is 45.2. The van der Waals surface area contributed by atoms with Gasteiger partial charge in [0.2, 0.25) is 0 Å². The molecular weight excluding hydrogens is 715 g/mol. The third kappa shape index (κ3) is 42.0. The van der Waals surface area contributed by atoms with Crippen LogP contribution in [-0.4, -0.2) is 74.0 Å². The first-order valence-electron chi connectivity index (χ1n) is 24.4. The van der Waals surface area contributed by atoms with E-state index in [-0.39, 0.29) is 30.4 Å². The second-order valence-electron chi connectivity index (χ2n) is 16.6. The third-order valence-corrected chi connectivity index (χ3v) is 11.0. The van der Waals surface area contributed by atoms with Crippen molar-refractivity contribution < 1.29 is 33.7 Å². The summed E-state index contributed by atoms with van der Waals surface area (Å²) in [6, 6.07) is 0. The van der Waals surface area contributed by atoms with E-state index in [1.807, 2.05) is 0 Å². The van der Waals surface area contributed by atoms with Crippen molar-refractivity contribution in [1.29, 1.82) is 0 Å². The zero-order valence-electron chi connectivity index (χ0n) is 37.9. The van der Waals surface area contributed by atoms with Crippen molar-refractivity contribution in [1.82, 2.24) is 4.90 Å². The van der Waals surface area contributed by atoms with Crippen LogP contribution in [0.3, 0.4) is 0 Å². The zero-order chi connectivity index (χ0) is 41.7. The summed E-state index contributed by atoms with van der Waals surface area (Å²) < 4.78 is 16.8.